The number of rotatable bonds is 4. The van der Waals surface area contributed by atoms with E-state index < -0.39 is 0 Å². The molecule has 5 nitrogen and oxygen atoms in total. The molecule has 2 aromatic rings. The first-order chi connectivity index (χ1) is 10.3. The third-order valence-corrected chi connectivity index (χ3v) is 4.50. The summed E-state index contributed by atoms with van der Waals surface area (Å²) in [6, 6.07) is 7.47. The standard InChI is InChI=1S/C15H17BrN4OS/c1-8-4-5-12(11(16)6-8)19-14(21)10(3)22-15-18-9(2)7-13(17)20-15/h4-7,10H,1-3H3,(H,19,21)(H2,17,18,20)/t10-/m0/s1. The fraction of sp³-hybridized carbons (Fsp3) is 0.267. The molecule has 0 unspecified atom stereocenters. The number of halogens is 1. The van der Waals surface area contributed by atoms with Gasteiger partial charge in [-0.25, -0.2) is 9.97 Å². The lowest BCUT2D eigenvalue weighted by molar-refractivity contribution is -0.115. The third-order valence-electron chi connectivity index (χ3n) is 2.89. The molecule has 0 bridgehead atoms. The van der Waals surface area contributed by atoms with Crippen molar-refractivity contribution in [3.8, 4) is 0 Å². The maximum absolute atomic E-state index is 12.3. The van der Waals surface area contributed by atoms with Gasteiger partial charge in [0.15, 0.2) is 5.16 Å². The van der Waals surface area contributed by atoms with E-state index in [1.807, 2.05) is 39.0 Å². The summed E-state index contributed by atoms with van der Waals surface area (Å²) in [6.45, 7) is 5.65. The summed E-state index contributed by atoms with van der Waals surface area (Å²) in [5.74, 6) is 0.294. The molecule has 116 valence electrons. The zero-order valence-electron chi connectivity index (χ0n) is 12.6. The van der Waals surface area contributed by atoms with E-state index in [2.05, 4.69) is 31.2 Å². The number of hydrogen-bond acceptors (Lipinski definition) is 5. The van der Waals surface area contributed by atoms with Crippen LogP contribution in [0, 0.1) is 13.8 Å². The normalized spacial score (nSPS) is 12.0. The monoisotopic (exact) mass is 380 g/mol. The number of nitrogens with two attached hydrogens (primary N) is 1. The van der Waals surface area contributed by atoms with E-state index in [-0.39, 0.29) is 11.2 Å². The molecule has 0 fully saturated rings. The van der Waals surface area contributed by atoms with Crippen LogP contribution < -0.4 is 11.1 Å². The van der Waals surface area contributed by atoms with Gasteiger partial charge in [-0.3, -0.25) is 4.79 Å². The average molecular weight is 381 g/mol. The van der Waals surface area contributed by atoms with Crippen LogP contribution in [0.1, 0.15) is 18.2 Å². The Morgan fingerprint density at radius 3 is 2.68 bits per heavy atom. The number of amides is 1. The lowest BCUT2D eigenvalue weighted by Gasteiger charge is -2.13. The zero-order valence-corrected chi connectivity index (χ0v) is 15.0. The molecule has 1 aromatic carbocycles. The number of nitrogens with one attached hydrogen (secondary N) is 1. The van der Waals surface area contributed by atoms with E-state index in [4.69, 9.17) is 5.73 Å². The lowest BCUT2D eigenvalue weighted by atomic mass is 10.2. The number of nitrogen functional groups attached to an aromatic ring is 1. The number of anilines is 2. The van der Waals surface area contributed by atoms with E-state index in [0.717, 1.165) is 21.4 Å². The number of aromatic nitrogens is 2. The largest absolute Gasteiger partial charge is 0.384 e. The molecule has 1 aromatic heterocycles. The van der Waals surface area contributed by atoms with E-state index in [1.54, 1.807) is 6.07 Å². The summed E-state index contributed by atoms with van der Waals surface area (Å²) in [7, 11) is 0. The van der Waals surface area contributed by atoms with Crippen molar-refractivity contribution in [1.82, 2.24) is 9.97 Å². The molecule has 0 aliphatic heterocycles. The summed E-state index contributed by atoms with van der Waals surface area (Å²) in [6.07, 6.45) is 0. The zero-order chi connectivity index (χ0) is 16.3. The molecule has 0 radical (unpaired) electrons. The Labute approximate surface area is 142 Å². The summed E-state index contributed by atoms with van der Waals surface area (Å²) < 4.78 is 0.856. The van der Waals surface area contributed by atoms with Crippen LogP contribution in [0.25, 0.3) is 0 Å². The van der Waals surface area contributed by atoms with E-state index in [1.165, 1.54) is 11.8 Å². The molecule has 0 saturated carbocycles. The molecule has 1 amide bonds. The van der Waals surface area contributed by atoms with Crippen LogP contribution >= 0.6 is 27.7 Å². The van der Waals surface area contributed by atoms with Crippen molar-refractivity contribution >= 4 is 45.1 Å². The first-order valence-electron chi connectivity index (χ1n) is 6.70. The Balaban J connectivity index is 2.05. The van der Waals surface area contributed by atoms with Gasteiger partial charge < -0.3 is 11.1 Å². The predicted octanol–water partition coefficient (Wildman–Crippen LogP) is 3.56. The SMILES string of the molecule is Cc1ccc(NC(=O)[C@H](C)Sc2nc(C)cc(N)n2)c(Br)c1. The van der Waals surface area contributed by atoms with Crippen molar-refractivity contribution in [2.75, 3.05) is 11.1 Å². The number of aryl methyl sites for hydroxylation is 2. The van der Waals surface area contributed by atoms with Gasteiger partial charge in [0.05, 0.1) is 10.9 Å². The Kier molecular flexibility index (Phi) is 5.42. The molecular weight excluding hydrogens is 364 g/mol. The van der Waals surface area contributed by atoms with Gasteiger partial charge in [-0.2, -0.15) is 0 Å². The fourth-order valence-electron chi connectivity index (χ4n) is 1.79. The van der Waals surface area contributed by atoms with Gasteiger partial charge in [0.25, 0.3) is 0 Å². The molecule has 0 saturated heterocycles. The highest BCUT2D eigenvalue weighted by Crippen LogP contribution is 2.26. The van der Waals surface area contributed by atoms with Gasteiger partial charge in [-0.15, -0.1) is 0 Å². The van der Waals surface area contributed by atoms with Crippen LogP contribution in [-0.2, 0) is 4.79 Å². The van der Waals surface area contributed by atoms with E-state index in [0.29, 0.717) is 11.0 Å². The molecule has 0 aliphatic carbocycles. The van der Waals surface area contributed by atoms with Crippen molar-refractivity contribution in [3.05, 3.63) is 40.0 Å². The lowest BCUT2D eigenvalue weighted by Crippen LogP contribution is -2.23. The first kappa shape index (κ1) is 16.8. The number of carbonyl (C=O) groups excluding carboxylic acids is 1. The highest BCUT2D eigenvalue weighted by molar-refractivity contribution is 9.10. The van der Waals surface area contributed by atoms with Crippen LogP contribution in [-0.4, -0.2) is 21.1 Å². The van der Waals surface area contributed by atoms with Gasteiger partial charge in [0, 0.05) is 16.2 Å². The molecule has 7 heteroatoms. The minimum absolute atomic E-state index is 0.113. The van der Waals surface area contributed by atoms with Gasteiger partial charge >= 0.3 is 0 Å². The van der Waals surface area contributed by atoms with Gasteiger partial charge in [-0.05, 0) is 54.4 Å². The van der Waals surface area contributed by atoms with Gasteiger partial charge in [-0.1, -0.05) is 17.8 Å². The summed E-state index contributed by atoms with van der Waals surface area (Å²) in [5.41, 5.74) is 8.34. The Morgan fingerprint density at radius 2 is 2.05 bits per heavy atom. The van der Waals surface area contributed by atoms with Crippen LogP contribution in [0.15, 0.2) is 33.9 Å². The summed E-state index contributed by atoms with van der Waals surface area (Å²) >= 11 is 4.73. The molecule has 22 heavy (non-hydrogen) atoms. The summed E-state index contributed by atoms with van der Waals surface area (Å²) in [5, 5.41) is 3.06. The molecule has 0 spiro atoms. The second kappa shape index (κ2) is 7.11. The Bertz CT molecular complexity index is 688. The van der Waals surface area contributed by atoms with Crippen molar-refractivity contribution < 1.29 is 4.79 Å². The maximum Gasteiger partial charge on any atom is 0.237 e. The van der Waals surface area contributed by atoms with Crippen molar-refractivity contribution in [3.63, 3.8) is 0 Å². The fourth-order valence-corrected chi connectivity index (χ4v) is 3.21. The van der Waals surface area contributed by atoms with Gasteiger partial charge in [0.1, 0.15) is 5.82 Å². The molecular formula is C15H17BrN4OS. The third kappa shape index (κ3) is 4.45. The number of benzene rings is 1. The van der Waals surface area contributed by atoms with E-state index >= 15 is 0 Å². The average Bonchev–Trinajstić information content (AvgIpc) is 2.40. The van der Waals surface area contributed by atoms with Crippen LogP contribution in [0.2, 0.25) is 0 Å². The highest BCUT2D eigenvalue weighted by Gasteiger charge is 2.17. The molecule has 3 N–H and O–H groups in total. The number of thioether (sulfide) groups is 1. The maximum atomic E-state index is 12.3. The Hall–Kier alpha value is -1.60. The molecule has 0 aliphatic rings. The second-order valence-corrected chi connectivity index (χ2v) is 7.11. The number of hydrogen-bond donors (Lipinski definition) is 2. The minimum atomic E-state index is -0.339. The quantitative estimate of drug-likeness (QED) is 0.625. The van der Waals surface area contributed by atoms with E-state index in [9.17, 15) is 4.79 Å². The van der Waals surface area contributed by atoms with Crippen molar-refractivity contribution in [1.29, 1.82) is 0 Å². The second-order valence-electron chi connectivity index (χ2n) is 4.95. The molecule has 1 atom stereocenters. The van der Waals surface area contributed by atoms with Crippen molar-refractivity contribution in [2.24, 2.45) is 0 Å². The van der Waals surface area contributed by atoms with Crippen LogP contribution in [0.4, 0.5) is 11.5 Å². The van der Waals surface area contributed by atoms with Crippen LogP contribution in [0.5, 0.6) is 0 Å². The topological polar surface area (TPSA) is 80.9 Å². The number of nitrogens with zero attached hydrogens (tertiary/aromatic N) is 2. The molecule has 1 heterocycles. The summed E-state index contributed by atoms with van der Waals surface area (Å²) in [4.78, 5) is 20.7. The minimum Gasteiger partial charge on any atom is -0.384 e. The van der Waals surface area contributed by atoms with Crippen molar-refractivity contribution in [2.45, 2.75) is 31.2 Å². The predicted molar refractivity (Wildman–Crippen MR) is 94.0 cm³/mol. The Morgan fingerprint density at radius 1 is 1.32 bits per heavy atom. The highest BCUT2D eigenvalue weighted by atomic mass is 79.9. The first-order valence-corrected chi connectivity index (χ1v) is 8.37. The molecule has 2 rings (SSSR count). The van der Waals surface area contributed by atoms with Gasteiger partial charge in [0.2, 0.25) is 5.91 Å². The number of carbonyl (C=O) groups is 1. The smallest absolute Gasteiger partial charge is 0.237 e. The van der Waals surface area contributed by atoms with Crippen LogP contribution in [0.3, 0.4) is 0 Å².